The lowest BCUT2D eigenvalue weighted by molar-refractivity contribution is -0.133. The van der Waals surface area contributed by atoms with Crippen molar-refractivity contribution in [1.29, 1.82) is 0 Å². The van der Waals surface area contributed by atoms with Gasteiger partial charge < -0.3 is 10.2 Å². The van der Waals surface area contributed by atoms with E-state index in [4.69, 9.17) is 11.6 Å². The molecule has 1 aliphatic heterocycles. The van der Waals surface area contributed by atoms with E-state index >= 15 is 0 Å². The Kier molecular flexibility index (Phi) is 5.44. The lowest BCUT2D eigenvalue weighted by atomic mass is 9.95. The number of carbonyl (C=O) groups is 1. The zero-order valence-electron chi connectivity index (χ0n) is 12.2. The van der Waals surface area contributed by atoms with Gasteiger partial charge >= 0.3 is 0 Å². The van der Waals surface area contributed by atoms with Gasteiger partial charge in [0.15, 0.2) is 0 Å². The highest BCUT2D eigenvalue weighted by Crippen LogP contribution is 2.27. The Balaban J connectivity index is 1.97. The molecule has 4 heteroatoms. The van der Waals surface area contributed by atoms with Crippen LogP contribution in [-0.2, 0) is 4.79 Å². The molecule has 1 amide bonds. The molecular weight excluding hydrogens is 272 g/mol. The second-order valence-corrected chi connectivity index (χ2v) is 6.03. The van der Waals surface area contributed by atoms with Crippen molar-refractivity contribution in [3.05, 3.63) is 34.9 Å². The minimum Gasteiger partial charge on any atom is -0.339 e. The molecule has 1 saturated heterocycles. The van der Waals surface area contributed by atoms with Crippen molar-refractivity contribution in [2.45, 2.75) is 32.2 Å². The summed E-state index contributed by atoms with van der Waals surface area (Å²) in [6.45, 7) is 4.06. The number of hydrogen-bond donors (Lipinski definition) is 1. The number of nitrogens with one attached hydrogen (secondary N) is 1. The number of amides is 1. The zero-order valence-corrected chi connectivity index (χ0v) is 13.0. The molecule has 0 bridgehead atoms. The molecule has 1 N–H and O–H groups in total. The fraction of sp³-hybridized carbons (Fsp3) is 0.562. The fourth-order valence-electron chi connectivity index (χ4n) is 2.73. The molecular formula is C16H23ClN2O. The van der Waals surface area contributed by atoms with E-state index in [9.17, 15) is 4.79 Å². The van der Waals surface area contributed by atoms with Gasteiger partial charge in [0, 0.05) is 18.5 Å². The van der Waals surface area contributed by atoms with Gasteiger partial charge in [0.2, 0.25) is 5.91 Å². The van der Waals surface area contributed by atoms with Crippen molar-refractivity contribution >= 4 is 17.5 Å². The minimum absolute atomic E-state index is 0.00718. The molecule has 0 aliphatic carbocycles. The lowest BCUT2D eigenvalue weighted by Crippen LogP contribution is -2.36. The Morgan fingerprint density at radius 2 is 2.25 bits per heavy atom. The average Bonchev–Trinajstić information content (AvgIpc) is 2.47. The molecule has 1 heterocycles. The molecule has 2 unspecified atom stereocenters. The minimum atomic E-state index is 0.00718. The molecule has 2 rings (SSSR count). The maximum Gasteiger partial charge on any atom is 0.223 e. The molecule has 1 aromatic rings. The van der Waals surface area contributed by atoms with Crippen molar-refractivity contribution < 1.29 is 4.79 Å². The highest BCUT2D eigenvalue weighted by molar-refractivity contribution is 6.31. The highest BCUT2D eigenvalue weighted by Gasteiger charge is 2.23. The van der Waals surface area contributed by atoms with Crippen LogP contribution in [0.25, 0.3) is 0 Å². The number of halogens is 1. The van der Waals surface area contributed by atoms with E-state index in [0.29, 0.717) is 12.3 Å². The van der Waals surface area contributed by atoms with Crippen LogP contribution in [0.15, 0.2) is 24.3 Å². The second-order valence-electron chi connectivity index (χ2n) is 5.62. The van der Waals surface area contributed by atoms with E-state index in [1.807, 2.05) is 43.1 Å². The van der Waals surface area contributed by atoms with E-state index in [-0.39, 0.29) is 11.9 Å². The topological polar surface area (TPSA) is 32.3 Å². The average molecular weight is 295 g/mol. The van der Waals surface area contributed by atoms with E-state index in [1.165, 1.54) is 6.42 Å². The number of benzene rings is 1. The SMILES string of the molecule is CC(c1ccccc1Cl)N(C)C(=O)CC1CCCNC1. The second kappa shape index (κ2) is 7.09. The van der Waals surface area contributed by atoms with Crippen molar-refractivity contribution in [3.8, 4) is 0 Å². The quantitative estimate of drug-likeness (QED) is 0.924. The largest absolute Gasteiger partial charge is 0.339 e. The van der Waals surface area contributed by atoms with Crippen LogP contribution in [0.3, 0.4) is 0 Å². The summed E-state index contributed by atoms with van der Waals surface area (Å²) in [4.78, 5) is 14.2. The summed E-state index contributed by atoms with van der Waals surface area (Å²) in [7, 11) is 1.87. The van der Waals surface area contributed by atoms with Crippen LogP contribution in [0, 0.1) is 5.92 Å². The first kappa shape index (κ1) is 15.3. The maximum absolute atomic E-state index is 12.4. The van der Waals surface area contributed by atoms with E-state index in [0.717, 1.165) is 30.1 Å². The van der Waals surface area contributed by atoms with Crippen LogP contribution >= 0.6 is 11.6 Å². The van der Waals surface area contributed by atoms with E-state index in [2.05, 4.69) is 5.32 Å². The van der Waals surface area contributed by atoms with Crippen LogP contribution in [0.4, 0.5) is 0 Å². The van der Waals surface area contributed by atoms with Gasteiger partial charge in [-0.1, -0.05) is 29.8 Å². The van der Waals surface area contributed by atoms with Crippen LogP contribution in [0.2, 0.25) is 5.02 Å². The number of nitrogens with zero attached hydrogens (tertiary/aromatic N) is 1. The summed E-state index contributed by atoms with van der Waals surface area (Å²) < 4.78 is 0. The summed E-state index contributed by atoms with van der Waals surface area (Å²) in [5.74, 6) is 0.670. The summed E-state index contributed by atoms with van der Waals surface area (Å²) in [5.41, 5.74) is 1.01. The molecule has 20 heavy (non-hydrogen) atoms. The molecule has 0 radical (unpaired) electrons. The fourth-order valence-corrected chi connectivity index (χ4v) is 3.02. The monoisotopic (exact) mass is 294 g/mol. The third-order valence-electron chi connectivity index (χ3n) is 4.19. The van der Waals surface area contributed by atoms with Crippen molar-refractivity contribution in [1.82, 2.24) is 10.2 Å². The van der Waals surface area contributed by atoms with Crippen LogP contribution in [0.1, 0.15) is 37.8 Å². The molecule has 0 saturated carbocycles. The maximum atomic E-state index is 12.4. The summed E-state index contributed by atoms with van der Waals surface area (Å²) >= 11 is 6.21. The van der Waals surface area contributed by atoms with Crippen molar-refractivity contribution in [2.24, 2.45) is 5.92 Å². The van der Waals surface area contributed by atoms with Gasteiger partial charge in [-0.3, -0.25) is 4.79 Å². The predicted octanol–water partition coefficient (Wildman–Crippen LogP) is 3.25. The lowest BCUT2D eigenvalue weighted by Gasteiger charge is -2.29. The molecule has 1 aliphatic rings. The normalized spacial score (nSPS) is 20.4. The molecule has 1 aromatic carbocycles. The van der Waals surface area contributed by atoms with Gasteiger partial charge in [-0.25, -0.2) is 0 Å². The number of rotatable bonds is 4. The molecule has 2 atom stereocenters. The van der Waals surface area contributed by atoms with Gasteiger partial charge in [0.1, 0.15) is 0 Å². The molecule has 0 spiro atoms. The summed E-state index contributed by atoms with van der Waals surface area (Å²) in [6.07, 6.45) is 2.94. The van der Waals surface area contributed by atoms with Gasteiger partial charge in [-0.2, -0.15) is 0 Å². The van der Waals surface area contributed by atoms with Gasteiger partial charge in [0.05, 0.1) is 6.04 Å². The first-order valence-corrected chi connectivity index (χ1v) is 7.68. The third-order valence-corrected chi connectivity index (χ3v) is 4.54. The first-order valence-electron chi connectivity index (χ1n) is 7.30. The predicted molar refractivity (Wildman–Crippen MR) is 82.8 cm³/mol. The van der Waals surface area contributed by atoms with Gasteiger partial charge in [-0.05, 0) is 50.4 Å². The van der Waals surface area contributed by atoms with Crippen LogP contribution in [0.5, 0.6) is 0 Å². The van der Waals surface area contributed by atoms with E-state index < -0.39 is 0 Å². The number of carbonyl (C=O) groups excluding carboxylic acids is 1. The van der Waals surface area contributed by atoms with E-state index in [1.54, 1.807) is 0 Å². The zero-order chi connectivity index (χ0) is 14.5. The van der Waals surface area contributed by atoms with Crippen LogP contribution in [-0.4, -0.2) is 30.9 Å². The molecule has 0 aromatic heterocycles. The Morgan fingerprint density at radius 3 is 2.90 bits per heavy atom. The molecule has 3 nitrogen and oxygen atoms in total. The number of piperidine rings is 1. The molecule has 1 fully saturated rings. The Bertz CT molecular complexity index is 458. The van der Waals surface area contributed by atoms with Crippen molar-refractivity contribution in [2.75, 3.05) is 20.1 Å². The standard InChI is InChI=1S/C16H23ClN2O/c1-12(14-7-3-4-8-15(14)17)19(2)16(20)10-13-6-5-9-18-11-13/h3-4,7-8,12-13,18H,5-6,9-11H2,1-2H3. The Morgan fingerprint density at radius 1 is 1.50 bits per heavy atom. The molecule has 110 valence electrons. The van der Waals surface area contributed by atoms with Gasteiger partial charge in [-0.15, -0.1) is 0 Å². The highest BCUT2D eigenvalue weighted by atomic mass is 35.5. The number of hydrogen-bond acceptors (Lipinski definition) is 2. The van der Waals surface area contributed by atoms with Crippen LogP contribution < -0.4 is 5.32 Å². The first-order chi connectivity index (χ1) is 9.59. The Hall–Kier alpha value is -1.06. The smallest absolute Gasteiger partial charge is 0.223 e. The van der Waals surface area contributed by atoms with Gasteiger partial charge in [0.25, 0.3) is 0 Å². The third kappa shape index (κ3) is 3.74. The van der Waals surface area contributed by atoms with Crippen molar-refractivity contribution in [3.63, 3.8) is 0 Å². The summed E-state index contributed by atoms with van der Waals surface area (Å²) in [6, 6.07) is 7.73. The summed E-state index contributed by atoms with van der Waals surface area (Å²) in [5, 5.41) is 4.08. The Labute approximate surface area is 126 Å².